The highest BCUT2D eigenvalue weighted by Crippen LogP contribution is 2.60. The van der Waals surface area contributed by atoms with Crippen LogP contribution in [0.5, 0.6) is 0 Å². The largest absolute Gasteiger partial charge is 0.333 e. The van der Waals surface area contributed by atoms with Crippen LogP contribution in [-0.2, 0) is 16.0 Å². The lowest BCUT2D eigenvalue weighted by Gasteiger charge is -2.56. The van der Waals surface area contributed by atoms with E-state index in [1.807, 2.05) is 28.9 Å². The van der Waals surface area contributed by atoms with Crippen LogP contribution >= 0.6 is 34.5 Å². The average molecular weight is 532 g/mol. The summed E-state index contributed by atoms with van der Waals surface area (Å²) in [6.45, 7) is 3.33. The molecule has 35 heavy (non-hydrogen) atoms. The van der Waals surface area contributed by atoms with E-state index >= 15 is 0 Å². The molecule has 7 rings (SSSR count). The molecule has 4 aliphatic carbocycles. The molecule has 4 fully saturated rings. The fraction of sp³-hybridized carbons (Fsp3) is 0.571. The second kappa shape index (κ2) is 9.08. The van der Waals surface area contributed by atoms with E-state index in [1.54, 1.807) is 17.4 Å². The molecule has 2 aromatic rings. The Bertz CT molecular complexity index is 1130. The van der Waals surface area contributed by atoms with Crippen LogP contribution in [0.1, 0.15) is 67.5 Å². The molecule has 1 atom stereocenters. The van der Waals surface area contributed by atoms with Gasteiger partial charge in [0.1, 0.15) is 0 Å². The van der Waals surface area contributed by atoms with Gasteiger partial charge in [-0.1, -0.05) is 29.3 Å². The third kappa shape index (κ3) is 4.12. The Balaban J connectivity index is 1.26. The van der Waals surface area contributed by atoms with Gasteiger partial charge in [-0.05, 0) is 104 Å². The van der Waals surface area contributed by atoms with Crippen LogP contribution in [0.4, 0.5) is 0 Å². The van der Waals surface area contributed by atoms with Gasteiger partial charge >= 0.3 is 0 Å². The zero-order valence-corrected chi connectivity index (χ0v) is 22.5. The molecule has 4 nitrogen and oxygen atoms in total. The number of amides is 2. The molecular weight excluding hydrogens is 499 g/mol. The summed E-state index contributed by atoms with van der Waals surface area (Å²) in [5.41, 5.74) is 1.79. The van der Waals surface area contributed by atoms with Gasteiger partial charge in [0.25, 0.3) is 0 Å². The molecule has 0 spiro atoms. The molecule has 186 valence electrons. The number of carbonyl (C=O) groups excluding carboxylic acids is 2. The lowest BCUT2D eigenvalue weighted by Crippen LogP contribution is -2.56. The SMILES string of the molecule is CCN(CC(=O)N1CCc2sccc2C1c1ccc(Cl)cc1Cl)C(=O)C12CC3CC(CC(C3)C1)C2. The zero-order chi connectivity index (χ0) is 24.3. The van der Waals surface area contributed by atoms with Gasteiger partial charge in [-0.25, -0.2) is 0 Å². The number of fused-ring (bicyclic) bond motifs is 1. The Morgan fingerprint density at radius 1 is 1.06 bits per heavy atom. The van der Waals surface area contributed by atoms with Crippen LogP contribution in [0.25, 0.3) is 0 Å². The summed E-state index contributed by atoms with van der Waals surface area (Å²) in [5, 5.41) is 3.23. The number of thiophene rings is 1. The lowest BCUT2D eigenvalue weighted by atomic mass is 9.49. The van der Waals surface area contributed by atoms with Gasteiger partial charge in [0.05, 0.1) is 18.0 Å². The summed E-state index contributed by atoms with van der Waals surface area (Å²) < 4.78 is 0. The maximum Gasteiger partial charge on any atom is 0.242 e. The predicted octanol–water partition coefficient (Wildman–Crippen LogP) is 6.59. The molecule has 7 heteroatoms. The van der Waals surface area contributed by atoms with E-state index in [9.17, 15) is 9.59 Å². The summed E-state index contributed by atoms with van der Waals surface area (Å²) in [7, 11) is 0. The van der Waals surface area contributed by atoms with E-state index < -0.39 is 0 Å². The van der Waals surface area contributed by atoms with Crippen molar-refractivity contribution in [1.82, 2.24) is 9.80 Å². The Hall–Kier alpha value is -1.56. The van der Waals surface area contributed by atoms with Crippen molar-refractivity contribution >= 4 is 46.4 Å². The lowest BCUT2D eigenvalue weighted by molar-refractivity contribution is -0.160. The van der Waals surface area contributed by atoms with Crippen molar-refractivity contribution in [1.29, 1.82) is 0 Å². The number of hydrogen-bond donors (Lipinski definition) is 0. The first-order chi connectivity index (χ1) is 16.9. The van der Waals surface area contributed by atoms with Crippen molar-refractivity contribution in [2.24, 2.45) is 23.2 Å². The topological polar surface area (TPSA) is 40.6 Å². The smallest absolute Gasteiger partial charge is 0.242 e. The van der Waals surface area contributed by atoms with Gasteiger partial charge in [-0.3, -0.25) is 9.59 Å². The summed E-state index contributed by atoms with van der Waals surface area (Å²) >= 11 is 14.6. The van der Waals surface area contributed by atoms with Gasteiger partial charge in [0.2, 0.25) is 11.8 Å². The number of likely N-dealkylation sites (N-methyl/N-ethyl adjacent to an activating group) is 1. The van der Waals surface area contributed by atoms with Crippen molar-refractivity contribution in [3.8, 4) is 0 Å². The molecule has 1 aromatic carbocycles. The van der Waals surface area contributed by atoms with Crippen LogP contribution in [-0.4, -0.2) is 41.2 Å². The maximum absolute atomic E-state index is 14.0. The molecule has 4 saturated carbocycles. The second-order valence-corrected chi connectivity index (χ2v) is 13.1. The van der Waals surface area contributed by atoms with Crippen molar-refractivity contribution in [3.63, 3.8) is 0 Å². The Morgan fingerprint density at radius 3 is 2.37 bits per heavy atom. The van der Waals surface area contributed by atoms with Gasteiger partial charge in [0, 0.05) is 28.0 Å². The van der Waals surface area contributed by atoms with Gasteiger partial charge in [-0.2, -0.15) is 0 Å². The predicted molar refractivity (Wildman–Crippen MR) is 141 cm³/mol. The molecule has 5 aliphatic rings. The molecule has 1 aromatic heterocycles. The minimum atomic E-state index is -0.254. The third-order valence-corrected chi connectivity index (χ3v) is 10.6. The van der Waals surface area contributed by atoms with Crippen LogP contribution in [0, 0.1) is 23.2 Å². The van der Waals surface area contributed by atoms with Crippen LogP contribution in [0.3, 0.4) is 0 Å². The van der Waals surface area contributed by atoms with Crippen molar-refractivity contribution in [2.75, 3.05) is 19.6 Å². The fourth-order valence-electron chi connectivity index (χ4n) is 7.93. The highest BCUT2D eigenvalue weighted by molar-refractivity contribution is 7.10. The number of halogens is 2. The Labute approximate surface area is 221 Å². The van der Waals surface area contributed by atoms with E-state index in [0.29, 0.717) is 40.9 Å². The third-order valence-electron chi connectivity index (χ3n) is 9.03. The van der Waals surface area contributed by atoms with E-state index in [-0.39, 0.29) is 29.8 Å². The standard InChI is InChI=1S/C28H32Cl2N2O2S/c1-2-31(27(34)28-13-17-9-18(14-28)11-19(10-17)15-28)16-25(33)32-7-5-24-22(6-8-35-24)26(32)21-4-3-20(29)12-23(21)30/h3-4,6,8,12,17-19,26H,2,5,7,9-11,13-16H2,1H3. The number of benzene rings is 1. The van der Waals surface area contributed by atoms with Gasteiger partial charge in [-0.15, -0.1) is 11.3 Å². The van der Waals surface area contributed by atoms with E-state index in [1.165, 1.54) is 24.1 Å². The average Bonchev–Trinajstić information content (AvgIpc) is 3.30. The molecule has 1 unspecified atom stereocenters. The van der Waals surface area contributed by atoms with Crippen molar-refractivity contribution in [3.05, 3.63) is 55.7 Å². The molecule has 1 aliphatic heterocycles. The molecule has 0 radical (unpaired) electrons. The quantitative estimate of drug-likeness (QED) is 0.437. The van der Waals surface area contributed by atoms with E-state index in [4.69, 9.17) is 23.2 Å². The molecule has 2 amide bonds. The highest BCUT2D eigenvalue weighted by Gasteiger charge is 2.55. The number of carbonyl (C=O) groups is 2. The first kappa shape index (κ1) is 23.8. The van der Waals surface area contributed by atoms with Crippen LogP contribution < -0.4 is 0 Å². The maximum atomic E-state index is 14.0. The summed E-state index contributed by atoms with van der Waals surface area (Å²) in [5.74, 6) is 2.33. The van der Waals surface area contributed by atoms with Crippen LogP contribution in [0.15, 0.2) is 29.6 Å². The second-order valence-electron chi connectivity index (χ2n) is 11.2. The summed E-state index contributed by atoms with van der Waals surface area (Å²) in [6, 6.07) is 7.36. The number of hydrogen-bond acceptors (Lipinski definition) is 3. The molecule has 0 saturated heterocycles. The molecule has 2 heterocycles. The van der Waals surface area contributed by atoms with E-state index in [0.717, 1.165) is 36.8 Å². The highest BCUT2D eigenvalue weighted by atomic mass is 35.5. The number of nitrogens with zero attached hydrogens (tertiary/aromatic N) is 2. The Morgan fingerprint density at radius 2 is 1.74 bits per heavy atom. The normalized spacial score (nSPS) is 30.9. The summed E-state index contributed by atoms with van der Waals surface area (Å²) in [4.78, 5) is 32.9. The van der Waals surface area contributed by atoms with Crippen molar-refractivity contribution in [2.45, 2.75) is 57.9 Å². The van der Waals surface area contributed by atoms with Crippen molar-refractivity contribution < 1.29 is 9.59 Å². The molecular formula is C28H32Cl2N2O2S. The molecule has 0 N–H and O–H groups in total. The van der Waals surface area contributed by atoms with Gasteiger partial charge < -0.3 is 9.80 Å². The number of rotatable bonds is 5. The minimum Gasteiger partial charge on any atom is -0.333 e. The first-order valence-electron chi connectivity index (χ1n) is 13.0. The first-order valence-corrected chi connectivity index (χ1v) is 14.6. The minimum absolute atomic E-state index is 0.00204. The van der Waals surface area contributed by atoms with Crippen LogP contribution in [0.2, 0.25) is 10.0 Å². The Kier molecular flexibility index (Phi) is 6.18. The van der Waals surface area contributed by atoms with E-state index in [2.05, 4.69) is 11.4 Å². The molecule has 4 bridgehead atoms. The monoisotopic (exact) mass is 530 g/mol. The zero-order valence-electron chi connectivity index (χ0n) is 20.1. The van der Waals surface area contributed by atoms with Gasteiger partial charge in [0.15, 0.2) is 0 Å². The fourth-order valence-corrected chi connectivity index (χ4v) is 9.35. The summed E-state index contributed by atoms with van der Waals surface area (Å²) in [6.07, 6.45) is 7.80.